The van der Waals surface area contributed by atoms with Crippen molar-refractivity contribution in [3.63, 3.8) is 0 Å². The molecule has 146 valence electrons. The predicted molar refractivity (Wildman–Crippen MR) is 114 cm³/mol. The van der Waals surface area contributed by atoms with E-state index in [2.05, 4.69) is 56.3 Å². The Bertz CT molecular complexity index is 999. The third-order valence-corrected chi connectivity index (χ3v) is 5.35. The molecule has 0 fully saturated rings. The maximum Gasteiger partial charge on any atom is 0.251 e. The van der Waals surface area contributed by atoms with Crippen molar-refractivity contribution in [3.8, 4) is 0 Å². The Balaban J connectivity index is 1.69. The average molecular weight is 376 g/mol. The van der Waals surface area contributed by atoms with Gasteiger partial charge in [0.1, 0.15) is 0 Å². The minimum Gasteiger partial charge on any atom is -0.346 e. The summed E-state index contributed by atoms with van der Waals surface area (Å²) in [5, 5.41) is 7.62. The first-order valence-electron chi connectivity index (χ1n) is 9.73. The molecule has 1 aromatic heterocycles. The number of amides is 1. The Morgan fingerprint density at radius 1 is 0.964 bits per heavy atom. The Kier molecular flexibility index (Phi) is 5.68. The van der Waals surface area contributed by atoms with Crippen LogP contribution in [-0.2, 0) is 6.54 Å². The number of rotatable bonds is 5. The van der Waals surface area contributed by atoms with Gasteiger partial charge in [-0.1, -0.05) is 24.3 Å². The van der Waals surface area contributed by atoms with E-state index < -0.39 is 0 Å². The Morgan fingerprint density at radius 2 is 1.61 bits per heavy atom. The summed E-state index contributed by atoms with van der Waals surface area (Å²) in [6.45, 7) is 13.1. The molecule has 1 atom stereocenters. The zero-order valence-electron chi connectivity index (χ0n) is 17.6. The summed E-state index contributed by atoms with van der Waals surface area (Å²) < 4.78 is 1.98. The minimum atomic E-state index is -0.0530. The lowest BCUT2D eigenvalue weighted by Gasteiger charge is -2.18. The predicted octanol–water partition coefficient (Wildman–Crippen LogP) is 4.96. The van der Waals surface area contributed by atoms with Crippen LogP contribution in [0.4, 0.5) is 0 Å². The summed E-state index contributed by atoms with van der Waals surface area (Å²) in [6.07, 6.45) is 0. The molecule has 0 aliphatic carbocycles. The lowest BCUT2D eigenvalue weighted by Crippen LogP contribution is -2.27. The summed E-state index contributed by atoms with van der Waals surface area (Å²) in [7, 11) is 0. The van der Waals surface area contributed by atoms with E-state index in [9.17, 15) is 4.79 Å². The number of hydrogen-bond donors (Lipinski definition) is 1. The molecule has 3 aromatic rings. The fourth-order valence-electron chi connectivity index (χ4n) is 3.58. The fourth-order valence-corrected chi connectivity index (χ4v) is 3.58. The number of aromatic nitrogens is 2. The molecule has 0 spiro atoms. The molecule has 3 rings (SSSR count). The first-order valence-corrected chi connectivity index (χ1v) is 9.73. The van der Waals surface area contributed by atoms with Crippen LogP contribution in [0, 0.1) is 34.6 Å². The van der Waals surface area contributed by atoms with Gasteiger partial charge in [0.05, 0.1) is 18.3 Å². The second kappa shape index (κ2) is 8.01. The number of carbonyl (C=O) groups excluding carboxylic acids is 1. The van der Waals surface area contributed by atoms with Crippen LogP contribution in [0.1, 0.15) is 62.5 Å². The molecule has 1 amide bonds. The van der Waals surface area contributed by atoms with Crippen molar-refractivity contribution in [2.45, 2.75) is 54.1 Å². The number of carbonyl (C=O) groups is 1. The van der Waals surface area contributed by atoms with Crippen molar-refractivity contribution in [2.75, 3.05) is 0 Å². The van der Waals surface area contributed by atoms with Crippen molar-refractivity contribution in [2.24, 2.45) is 0 Å². The highest BCUT2D eigenvalue weighted by Crippen LogP contribution is 2.22. The molecule has 28 heavy (non-hydrogen) atoms. The number of benzene rings is 2. The van der Waals surface area contributed by atoms with Crippen LogP contribution in [0.5, 0.6) is 0 Å². The SMILES string of the molecule is Cc1cc(C)n(Cc2ccc(C(=O)N[C@@H](C)c3cc(C)c(C)cc3C)cc2)n1. The van der Waals surface area contributed by atoms with Gasteiger partial charge < -0.3 is 5.32 Å². The standard InChI is InChI=1S/C24H29N3O/c1-15-11-17(3)23(12-16(15)2)20(6)25-24(28)22-9-7-21(8-10-22)14-27-19(5)13-18(4)26-27/h7-13,20H,14H2,1-6H3,(H,25,28)/t20-/m0/s1. The molecule has 0 bridgehead atoms. The summed E-state index contributed by atoms with van der Waals surface area (Å²) >= 11 is 0. The second-order valence-electron chi connectivity index (χ2n) is 7.77. The van der Waals surface area contributed by atoms with Crippen LogP contribution >= 0.6 is 0 Å². The van der Waals surface area contributed by atoms with Gasteiger partial charge in [-0.2, -0.15) is 5.10 Å². The van der Waals surface area contributed by atoms with E-state index in [0.717, 1.165) is 22.5 Å². The summed E-state index contributed by atoms with van der Waals surface area (Å²) in [4.78, 5) is 12.7. The molecule has 4 nitrogen and oxygen atoms in total. The van der Waals surface area contributed by atoms with Gasteiger partial charge in [-0.25, -0.2) is 0 Å². The molecule has 1 N–H and O–H groups in total. The van der Waals surface area contributed by atoms with E-state index in [4.69, 9.17) is 0 Å². The van der Waals surface area contributed by atoms with Gasteiger partial charge in [0.2, 0.25) is 0 Å². The number of nitrogens with zero attached hydrogens (tertiary/aromatic N) is 2. The number of nitrogens with one attached hydrogen (secondary N) is 1. The van der Waals surface area contributed by atoms with Crippen molar-refractivity contribution in [3.05, 3.63) is 87.2 Å². The maximum atomic E-state index is 12.7. The summed E-state index contributed by atoms with van der Waals surface area (Å²) in [5.41, 5.74) is 8.84. The molecule has 4 heteroatoms. The number of hydrogen-bond acceptors (Lipinski definition) is 2. The highest BCUT2D eigenvalue weighted by atomic mass is 16.1. The van der Waals surface area contributed by atoms with Crippen LogP contribution in [0.15, 0.2) is 42.5 Å². The van der Waals surface area contributed by atoms with E-state index in [1.807, 2.05) is 42.8 Å². The van der Waals surface area contributed by atoms with Crippen molar-refractivity contribution < 1.29 is 4.79 Å². The van der Waals surface area contributed by atoms with E-state index in [1.54, 1.807) is 0 Å². The molecule has 0 saturated carbocycles. The number of aryl methyl sites for hydroxylation is 5. The van der Waals surface area contributed by atoms with Gasteiger partial charge in [-0.3, -0.25) is 9.48 Å². The first-order chi connectivity index (χ1) is 13.2. The largest absolute Gasteiger partial charge is 0.346 e. The highest BCUT2D eigenvalue weighted by molar-refractivity contribution is 5.94. The van der Waals surface area contributed by atoms with E-state index in [0.29, 0.717) is 12.1 Å². The summed E-state index contributed by atoms with van der Waals surface area (Å²) in [6, 6.07) is 14.1. The highest BCUT2D eigenvalue weighted by Gasteiger charge is 2.14. The minimum absolute atomic E-state index is 0.0406. The average Bonchev–Trinajstić information content (AvgIpc) is 2.95. The molecule has 0 aliphatic heterocycles. The van der Waals surface area contributed by atoms with Crippen LogP contribution in [0.2, 0.25) is 0 Å². The molecule has 2 aromatic carbocycles. The van der Waals surface area contributed by atoms with Gasteiger partial charge in [0.15, 0.2) is 0 Å². The Hall–Kier alpha value is -2.88. The van der Waals surface area contributed by atoms with Gasteiger partial charge in [0, 0.05) is 11.3 Å². The third kappa shape index (κ3) is 4.33. The third-order valence-electron chi connectivity index (χ3n) is 5.35. The van der Waals surface area contributed by atoms with Gasteiger partial charge in [-0.05, 0) is 87.6 Å². The van der Waals surface area contributed by atoms with E-state index in [-0.39, 0.29) is 11.9 Å². The smallest absolute Gasteiger partial charge is 0.251 e. The normalized spacial score (nSPS) is 12.1. The molecule has 0 unspecified atom stereocenters. The van der Waals surface area contributed by atoms with E-state index >= 15 is 0 Å². The molecule has 1 heterocycles. The lowest BCUT2D eigenvalue weighted by molar-refractivity contribution is 0.0940. The molecule has 0 aliphatic rings. The zero-order valence-corrected chi connectivity index (χ0v) is 17.6. The van der Waals surface area contributed by atoms with Gasteiger partial charge in [0.25, 0.3) is 5.91 Å². The molecule has 0 radical (unpaired) electrons. The molecular weight excluding hydrogens is 346 g/mol. The van der Waals surface area contributed by atoms with Gasteiger partial charge >= 0.3 is 0 Å². The summed E-state index contributed by atoms with van der Waals surface area (Å²) in [5.74, 6) is -0.0530. The molecule has 0 saturated heterocycles. The molecular formula is C24H29N3O. The first kappa shape index (κ1) is 19.9. The van der Waals surface area contributed by atoms with Crippen LogP contribution in [-0.4, -0.2) is 15.7 Å². The quantitative estimate of drug-likeness (QED) is 0.685. The second-order valence-corrected chi connectivity index (χ2v) is 7.77. The van der Waals surface area contributed by atoms with Crippen LogP contribution in [0.25, 0.3) is 0 Å². The Morgan fingerprint density at radius 3 is 2.21 bits per heavy atom. The van der Waals surface area contributed by atoms with Crippen molar-refractivity contribution >= 4 is 5.91 Å². The fraction of sp³-hybridized carbons (Fsp3) is 0.333. The Labute approximate surface area is 167 Å². The van der Waals surface area contributed by atoms with Crippen LogP contribution in [0.3, 0.4) is 0 Å². The van der Waals surface area contributed by atoms with Gasteiger partial charge in [-0.15, -0.1) is 0 Å². The van der Waals surface area contributed by atoms with Crippen molar-refractivity contribution in [1.82, 2.24) is 15.1 Å². The maximum absolute atomic E-state index is 12.7. The lowest BCUT2D eigenvalue weighted by atomic mass is 9.96. The topological polar surface area (TPSA) is 46.9 Å². The zero-order chi connectivity index (χ0) is 20.4. The monoisotopic (exact) mass is 375 g/mol. The van der Waals surface area contributed by atoms with Crippen LogP contribution < -0.4 is 5.32 Å². The van der Waals surface area contributed by atoms with E-state index in [1.165, 1.54) is 16.7 Å². The van der Waals surface area contributed by atoms with Crippen molar-refractivity contribution in [1.29, 1.82) is 0 Å².